The first-order valence-electron chi connectivity index (χ1n) is 7.22. The predicted molar refractivity (Wildman–Crippen MR) is 79.8 cm³/mol. The van der Waals surface area contributed by atoms with Crippen molar-refractivity contribution in [2.45, 2.75) is 25.9 Å². The quantitative estimate of drug-likeness (QED) is 0.909. The second-order valence-electron chi connectivity index (χ2n) is 5.46. The van der Waals surface area contributed by atoms with Gasteiger partial charge in [-0.3, -0.25) is 4.68 Å². The number of aromatic nitrogens is 2. The van der Waals surface area contributed by atoms with Crippen LogP contribution >= 0.6 is 0 Å². The van der Waals surface area contributed by atoms with Gasteiger partial charge >= 0.3 is 0 Å². The fourth-order valence-electron chi connectivity index (χ4n) is 2.62. The van der Waals surface area contributed by atoms with Crippen molar-refractivity contribution >= 4 is 5.69 Å². The maximum absolute atomic E-state index is 5.44. The molecule has 1 aromatic carbocycles. The van der Waals surface area contributed by atoms with E-state index in [1.54, 1.807) is 6.20 Å². The molecule has 1 aliphatic heterocycles. The van der Waals surface area contributed by atoms with E-state index in [1.165, 1.54) is 11.3 Å². The summed E-state index contributed by atoms with van der Waals surface area (Å²) < 4.78 is 7.38. The van der Waals surface area contributed by atoms with Crippen LogP contribution < -0.4 is 5.32 Å². The molecular formula is C16H21N3O. The van der Waals surface area contributed by atoms with Crippen molar-refractivity contribution in [2.24, 2.45) is 5.92 Å². The van der Waals surface area contributed by atoms with Crippen molar-refractivity contribution in [2.75, 3.05) is 18.5 Å². The van der Waals surface area contributed by atoms with Crippen molar-refractivity contribution in [3.8, 4) is 0 Å². The summed E-state index contributed by atoms with van der Waals surface area (Å²) in [6, 6.07) is 11.0. The van der Waals surface area contributed by atoms with Gasteiger partial charge in [-0.1, -0.05) is 12.1 Å². The number of benzene rings is 1. The Balaban J connectivity index is 1.58. The third-order valence-corrected chi connectivity index (χ3v) is 3.92. The van der Waals surface area contributed by atoms with E-state index in [-0.39, 0.29) is 0 Å². The molecule has 0 amide bonds. The fraction of sp³-hybridized carbons (Fsp3) is 0.438. The van der Waals surface area contributed by atoms with Gasteiger partial charge in [-0.15, -0.1) is 0 Å². The minimum absolute atomic E-state index is 0.453. The van der Waals surface area contributed by atoms with Gasteiger partial charge in [-0.25, -0.2) is 0 Å². The lowest BCUT2D eigenvalue weighted by molar-refractivity contribution is 0.183. The van der Waals surface area contributed by atoms with Gasteiger partial charge in [0.1, 0.15) is 0 Å². The van der Waals surface area contributed by atoms with Crippen LogP contribution in [0.15, 0.2) is 42.7 Å². The molecule has 2 atom stereocenters. The molecule has 0 radical (unpaired) electrons. The maximum Gasteiger partial charge on any atom is 0.0659 e. The van der Waals surface area contributed by atoms with Crippen LogP contribution in [0, 0.1) is 5.92 Å². The summed E-state index contributed by atoms with van der Waals surface area (Å²) >= 11 is 0. The molecule has 1 aromatic heterocycles. The summed E-state index contributed by atoms with van der Waals surface area (Å²) in [5.74, 6) is 0.624. The Morgan fingerprint density at radius 2 is 2.25 bits per heavy atom. The average molecular weight is 271 g/mol. The number of rotatable bonds is 5. The lowest BCUT2D eigenvalue weighted by atomic mass is 10.0. The standard InChI is InChI=1S/C16H21N3O/c1-13(15-7-10-20-12-15)18-16-5-3-14(4-6-16)11-19-9-2-8-17-19/h2-6,8-9,13,15,18H,7,10-12H2,1H3. The van der Waals surface area contributed by atoms with Gasteiger partial charge in [0.05, 0.1) is 13.2 Å². The summed E-state index contributed by atoms with van der Waals surface area (Å²) in [5.41, 5.74) is 2.43. The van der Waals surface area contributed by atoms with E-state index in [1.807, 2.05) is 16.9 Å². The number of anilines is 1. The monoisotopic (exact) mass is 271 g/mol. The summed E-state index contributed by atoms with van der Waals surface area (Å²) in [4.78, 5) is 0. The first-order valence-corrected chi connectivity index (χ1v) is 7.22. The van der Waals surface area contributed by atoms with Crippen molar-refractivity contribution < 1.29 is 4.74 Å². The SMILES string of the molecule is CC(Nc1ccc(Cn2cccn2)cc1)C1CCOC1. The van der Waals surface area contributed by atoms with Crippen molar-refractivity contribution in [3.63, 3.8) is 0 Å². The highest BCUT2D eigenvalue weighted by molar-refractivity contribution is 5.45. The lowest BCUT2D eigenvalue weighted by Crippen LogP contribution is -2.26. The number of hydrogen-bond acceptors (Lipinski definition) is 3. The molecule has 3 rings (SSSR count). The van der Waals surface area contributed by atoms with Crippen molar-refractivity contribution in [3.05, 3.63) is 48.3 Å². The smallest absolute Gasteiger partial charge is 0.0659 e. The minimum atomic E-state index is 0.453. The molecular weight excluding hydrogens is 250 g/mol. The van der Waals surface area contributed by atoms with Gasteiger partial charge in [0.2, 0.25) is 0 Å². The van der Waals surface area contributed by atoms with Crippen LogP contribution in [0.4, 0.5) is 5.69 Å². The van der Waals surface area contributed by atoms with Gasteiger partial charge in [0, 0.05) is 36.6 Å². The van der Waals surface area contributed by atoms with Crippen LogP contribution in [0.2, 0.25) is 0 Å². The van der Waals surface area contributed by atoms with Crippen LogP contribution in [0.5, 0.6) is 0 Å². The van der Waals surface area contributed by atoms with E-state index in [4.69, 9.17) is 4.74 Å². The Hall–Kier alpha value is -1.81. The van der Waals surface area contributed by atoms with E-state index in [9.17, 15) is 0 Å². The predicted octanol–water partition coefficient (Wildman–Crippen LogP) is 2.77. The first kappa shape index (κ1) is 13.2. The lowest BCUT2D eigenvalue weighted by Gasteiger charge is -2.20. The zero-order valence-electron chi connectivity index (χ0n) is 11.8. The van der Waals surface area contributed by atoms with E-state index in [2.05, 4.69) is 41.6 Å². The van der Waals surface area contributed by atoms with Gasteiger partial charge in [0.15, 0.2) is 0 Å². The van der Waals surface area contributed by atoms with Gasteiger partial charge in [-0.05, 0) is 37.1 Å². The molecule has 0 saturated carbocycles. The summed E-state index contributed by atoms with van der Waals surface area (Å²) in [7, 11) is 0. The summed E-state index contributed by atoms with van der Waals surface area (Å²) in [6.45, 7) is 4.83. The topological polar surface area (TPSA) is 39.1 Å². The molecule has 2 aromatic rings. The Kier molecular flexibility index (Phi) is 4.02. The summed E-state index contributed by atoms with van der Waals surface area (Å²) in [5, 5.41) is 7.79. The average Bonchev–Trinajstić information content (AvgIpc) is 3.13. The molecule has 106 valence electrons. The number of nitrogens with one attached hydrogen (secondary N) is 1. The Morgan fingerprint density at radius 3 is 2.90 bits per heavy atom. The van der Waals surface area contributed by atoms with Crippen LogP contribution in [0.1, 0.15) is 18.9 Å². The van der Waals surface area contributed by atoms with Gasteiger partial charge in [-0.2, -0.15) is 5.10 Å². The Morgan fingerprint density at radius 1 is 1.40 bits per heavy atom. The Labute approximate surface area is 119 Å². The van der Waals surface area contributed by atoms with E-state index in [0.717, 1.165) is 26.2 Å². The third-order valence-electron chi connectivity index (χ3n) is 3.92. The first-order chi connectivity index (χ1) is 9.81. The molecule has 4 nitrogen and oxygen atoms in total. The van der Waals surface area contributed by atoms with E-state index in [0.29, 0.717) is 12.0 Å². The highest BCUT2D eigenvalue weighted by Crippen LogP contribution is 2.20. The van der Waals surface area contributed by atoms with Crippen molar-refractivity contribution in [1.29, 1.82) is 0 Å². The second kappa shape index (κ2) is 6.09. The van der Waals surface area contributed by atoms with E-state index >= 15 is 0 Å². The zero-order chi connectivity index (χ0) is 13.8. The van der Waals surface area contributed by atoms with Crippen LogP contribution in [0.25, 0.3) is 0 Å². The molecule has 0 aliphatic carbocycles. The van der Waals surface area contributed by atoms with Crippen LogP contribution in [-0.2, 0) is 11.3 Å². The molecule has 0 spiro atoms. The molecule has 20 heavy (non-hydrogen) atoms. The molecule has 1 aliphatic rings. The zero-order valence-corrected chi connectivity index (χ0v) is 11.8. The van der Waals surface area contributed by atoms with Crippen LogP contribution in [-0.4, -0.2) is 29.0 Å². The maximum atomic E-state index is 5.44. The van der Waals surface area contributed by atoms with Gasteiger partial charge in [0.25, 0.3) is 0 Å². The van der Waals surface area contributed by atoms with Gasteiger partial charge < -0.3 is 10.1 Å². The second-order valence-corrected chi connectivity index (χ2v) is 5.46. The molecule has 2 unspecified atom stereocenters. The third kappa shape index (κ3) is 3.20. The molecule has 1 saturated heterocycles. The Bertz CT molecular complexity index is 515. The molecule has 0 bridgehead atoms. The fourth-order valence-corrected chi connectivity index (χ4v) is 2.62. The molecule has 2 heterocycles. The van der Waals surface area contributed by atoms with Crippen LogP contribution in [0.3, 0.4) is 0 Å². The highest BCUT2D eigenvalue weighted by atomic mass is 16.5. The van der Waals surface area contributed by atoms with E-state index < -0.39 is 0 Å². The molecule has 4 heteroatoms. The number of nitrogens with zero attached hydrogens (tertiary/aromatic N) is 2. The number of ether oxygens (including phenoxy) is 1. The molecule has 1 fully saturated rings. The van der Waals surface area contributed by atoms with Crippen molar-refractivity contribution in [1.82, 2.24) is 9.78 Å². The normalized spacial score (nSPS) is 19.9. The molecule has 1 N–H and O–H groups in total. The minimum Gasteiger partial charge on any atom is -0.382 e. The number of hydrogen-bond donors (Lipinski definition) is 1. The summed E-state index contributed by atoms with van der Waals surface area (Å²) in [6.07, 6.45) is 4.95. The highest BCUT2D eigenvalue weighted by Gasteiger charge is 2.21. The largest absolute Gasteiger partial charge is 0.382 e.